The van der Waals surface area contributed by atoms with Gasteiger partial charge in [0.05, 0.1) is 0 Å². The molecule has 1 aliphatic heterocycles. The third kappa shape index (κ3) is 2.44. The highest BCUT2D eigenvalue weighted by atomic mass is 35.5. The lowest BCUT2D eigenvalue weighted by Crippen LogP contribution is -2.37. The predicted octanol–water partition coefficient (Wildman–Crippen LogP) is 0.867. The molecule has 0 saturated carbocycles. The number of rotatable bonds is 0. The first-order valence-electron chi connectivity index (χ1n) is 4.78. The number of aryl methyl sites for hydroxylation is 1. The Morgan fingerprint density at radius 3 is 2.59 bits per heavy atom. The van der Waals surface area contributed by atoms with Gasteiger partial charge in [-0.1, -0.05) is 0 Å². The van der Waals surface area contributed by atoms with Crippen LogP contribution >= 0.6 is 12.4 Å². The van der Waals surface area contributed by atoms with Crippen molar-refractivity contribution in [1.82, 2.24) is 15.1 Å². The van der Waals surface area contributed by atoms with Crippen LogP contribution in [0.25, 0.3) is 0 Å². The van der Waals surface area contributed by atoms with Crippen molar-refractivity contribution >= 4 is 12.4 Å². The van der Waals surface area contributed by atoms with Crippen molar-refractivity contribution in [3.63, 3.8) is 0 Å². The van der Waals surface area contributed by atoms with Crippen molar-refractivity contribution in [1.29, 1.82) is 0 Å². The Kier molecular flexibility index (Phi) is 3.83. The number of nitrogens with zero attached hydrogens (tertiary/aromatic N) is 2. The minimum absolute atomic E-state index is 0. The maximum absolute atomic E-state index is 12.7. The molecule has 0 aromatic carbocycles. The lowest BCUT2D eigenvalue weighted by atomic mass is 10.0. The second kappa shape index (κ2) is 4.66. The maximum Gasteiger partial charge on any atom is 0.435 e. The first-order valence-corrected chi connectivity index (χ1v) is 4.78. The highest BCUT2D eigenvalue weighted by Crippen LogP contribution is 2.31. The van der Waals surface area contributed by atoms with Crippen molar-refractivity contribution in [2.45, 2.75) is 19.1 Å². The molecule has 0 atom stereocenters. The second-order valence-corrected chi connectivity index (χ2v) is 3.66. The van der Waals surface area contributed by atoms with Crippen LogP contribution in [0.2, 0.25) is 0 Å². The van der Waals surface area contributed by atoms with Gasteiger partial charge in [0, 0.05) is 24.7 Å². The molecular formula is C9H11ClF3N3O. The fraction of sp³-hybridized carbons (Fsp3) is 0.556. The van der Waals surface area contributed by atoms with Crippen LogP contribution in [0, 0.1) is 0 Å². The van der Waals surface area contributed by atoms with Crippen molar-refractivity contribution in [2.24, 2.45) is 7.05 Å². The second-order valence-electron chi connectivity index (χ2n) is 3.66. The summed E-state index contributed by atoms with van der Waals surface area (Å²) in [5, 5.41) is 6.11. The number of hydrogen-bond acceptors (Lipinski definition) is 3. The summed E-state index contributed by atoms with van der Waals surface area (Å²) in [5.41, 5.74) is -1.19. The van der Waals surface area contributed by atoms with Crippen molar-refractivity contribution < 1.29 is 13.2 Å². The van der Waals surface area contributed by atoms with Gasteiger partial charge < -0.3 is 5.32 Å². The Bertz CT molecular complexity index is 484. The number of alkyl halides is 3. The van der Waals surface area contributed by atoms with E-state index < -0.39 is 17.4 Å². The van der Waals surface area contributed by atoms with E-state index in [0.29, 0.717) is 13.0 Å². The van der Waals surface area contributed by atoms with Gasteiger partial charge in [0.25, 0.3) is 5.56 Å². The molecule has 0 bridgehead atoms. The number of nitrogens with one attached hydrogen (secondary N) is 1. The smallest absolute Gasteiger partial charge is 0.312 e. The molecule has 1 aliphatic rings. The molecule has 2 heterocycles. The first-order chi connectivity index (χ1) is 7.41. The molecule has 17 heavy (non-hydrogen) atoms. The molecule has 2 rings (SSSR count). The molecule has 96 valence electrons. The van der Waals surface area contributed by atoms with E-state index in [0.717, 1.165) is 4.68 Å². The van der Waals surface area contributed by atoms with E-state index in [4.69, 9.17) is 0 Å². The molecule has 0 amide bonds. The molecule has 0 radical (unpaired) electrons. The summed E-state index contributed by atoms with van der Waals surface area (Å²) < 4.78 is 38.8. The molecule has 1 aromatic heterocycles. The van der Waals surface area contributed by atoms with E-state index in [2.05, 4.69) is 10.4 Å². The standard InChI is InChI=1S/C9H10F3N3O.ClH/c1-15-8(16)5-2-3-13-4-6(5)7(14-15)9(10,11)12;/h13H,2-4H2,1H3;1H. The number of halogens is 4. The SMILES string of the molecule is Cl.Cn1nc(C(F)(F)F)c2c(c1=O)CCNC2. The van der Waals surface area contributed by atoms with E-state index in [9.17, 15) is 18.0 Å². The van der Waals surface area contributed by atoms with Gasteiger partial charge in [-0.3, -0.25) is 4.79 Å². The van der Waals surface area contributed by atoms with Crippen LogP contribution in [-0.4, -0.2) is 16.3 Å². The van der Waals surface area contributed by atoms with Gasteiger partial charge in [0.15, 0.2) is 5.69 Å². The summed E-state index contributed by atoms with van der Waals surface area (Å²) in [4.78, 5) is 11.6. The summed E-state index contributed by atoms with van der Waals surface area (Å²) in [5.74, 6) is 0. The summed E-state index contributed by atoms with van der Waals surface area (Å²) in [6.45, 7) is 0.566. The zero-order valence-electron chi connectivity index (χ0n) is 8.97. The van der Waals surface area contributed by atoms with Gasteiger partial charge >= 0.3 is 6.18 Å². The van der Waals surface area contributed by atoms with Crippen LogP contribution in [-0.2, 0) is 26.2 Å². The number of hydrogen-bond donors (Lipinski definition) is 1. The van der Waals surface area contributed by atoms with Crippen LogP contribution in [0.5, 0.6) is 0 Å². The van der Waals surface area contributed by atoms with Crippen molar-refractivity contribution in [3.05, 3.63) is 27.2 Å². The fourth-order valence-corrected chi connectivity index (χ4v) is 1.83. The Labute approximate surface area is 101 Å². The lowest BCUT2D eigenvalue weighted by molar-refractivity contribution is -0.143. The average molecular weight is 270 g/mol. The monoisotopic (exact) mass is 269 g/mol. The normalized spacial score (nSPS) is 15.1. The van der Waals surface area contributed by atoms with Gasteiger partial charge in [-0.05, 0) is 13.0 Å². The molecule has 0 fully saturated rings. The van der Waals surface area contributed by atoms with Gasteiger partial charge in [0.2, 0.25) is 0 Å². The van der Waals surface area contributed by atoms with Crippen LogP contribution in [0.3, 0.4) is 0 Å². The number of fused-ring (bicyclic) bond motifs is 1. The summed E-state index contributed by atoms with van der Waals surface area (Å²) >= 11 is 0. The molecule has 4 nitrogen and oxygen atoms in total. The van der Waals surface area contributed by atoms with E-state index in [1.54, 1.807) is 0 Å². The average Bonchev–Trinajstić information content (AvgIpc) is 2.22. The Morgan fingerprint density at radius 1 is 1.35 bits per heavy atom. The van der Waals surface area contributed by atoms with E-state index in [-0.39, 0.29) is 30.1 Å². The number of aromatic nitrogens is 2. The van der Waals surface area contributed by atoms with Crippen molar-refractivity contribution in [2.75, 3.05) is 6.54 Å². The molecular weight excluding hydrogens is 259 g/mol. The van der Waals surface area contributed by atoms with Gasteiger partial charge in [-0.2, -0.15) is 18.3 Å². The Hall–Kier alpha value is -1.08. The lowest BCUT2D eigenvalue weighted by Gasteiger charge is -2.20. The summed E-state index contributed by atoms with van der Waals surface area (Å²) in [6.07, 6.45) is -4.21. The third-order valence-corrected chi connectivity index (χ3v) is 2.57. The topological polar surface area (TPSA) is 46.9 Å². The first kappa shape index (κ1) is 14.0. The zero-order valence-corrected chi connectivity index (χ0v) is 9.78. The van der Waals surface area contributed by atoms with Crippen LogP contribution < -0.4 is 10.9 Å². The maximum atomic E-state index is 12.7. The van der Waals surface area contributed by atoms with Crippen LogP contribution in [0.1, 0.15) is 16.8 Å². The van der Waals surface area contributed by atoms with E-state index in [1.807, 2.05) is 0 Å². The van der Waals surface area contributed by atoms with Crippen LogP contribution in [0.4, 0.5) is 13.2 Å². The van der Waals surface area contributed by atoms with E-state index in [1.165, 1.54) is 7.05 Å². The predicted molar refractivity (Wildman–Crippen MR) is 57.1 cm³/mol. The third-order valence-electron chi connectivity index (χ3n) is 2.57. The summed E-state index contributed by atoms with van der Waals surface area (Å²) in [7, 11) is 1.24. The minimum Gasteiger partial charge on any atom is -0.312 e. The summed E-state index contributed by atoms with van der Waals surface area (Å²) in [6, 6.07) is 0. The fourth-order valence-electron chi connectivity index (χ4n) is 1.83. The van der Waals surface area contributed by atoms with Gasteiger partial charge in [0.1, 0.15) is 0 Å². The molecule has 8 heteroatoms. The van der Waals surface area contributed by atoms with Crippen LogP contribution in [0.15, 0.2) is 4.79 Å². The molecule has 1 aromatic rings. The molecule has 0 saturated heterocycles. The largest absolute Gasteiger partial charge is 0.435 e. The molecule has 0 unspecified atom stereocenters. The minimum atomic E-state index is -4.52. The van der Waals surface area contributed by atoms with E-state index >= 15 is 0 Å². The Morgan fingerprint density at radius 2 is 2.00 bits per heavy atom. The molecule has 1 N–H and O–H groups in total. The quantitative estimate of drug-likeness (QED) is 0.760. The van der Waals surface area contributed by atoms with Gasteiger partial charge in [-0.25, -0.2) is 4.68 Å². The zero-order chi connectivity index (χ0) is 11.9. The highest BCUT2D eigenvalue weighted by molar-refractivity contribution is 5.85. The molecule has 0 spiro atoms. The Balaban J connectivity index is 0.00000144. The van der Waals surface area contributed by atoms with Gasteiger partial charge in [-0.15, -0.1) is 12.4 Å². The highest BCUT2D eigenvalue weighted by Gasteiger charge is 2.38. The van der Waals surface area contributed by atoms with Crippen molar-refractivity contribution in [3.8, 4) is 0 Å². The molecule has 0 aliphatic carbocycles.